The third kappa shape index (κ3) is 3.56. The number of hydrogen-bond donors (Lipinski definition) is 1. The van der Waals surface area contributed by atoms with Crippen LogP contribution < -0.4 is 5.32 Å². The van der Waals surface area contributed by atoms with Crippen molar-refractivity contribution in [1.29, 1.82) is 0 Å². The summed E-state index contributed by atoms with van der Waals surface area (Å²) in [4.78, 5) is 14.1. The molecule has 0 aromatic carbocycles. The van der Waals surface area contributed by atoms with Crippen LogP contribution in [0.1, 0.15) is 25.3 Å². The number of halogens is 1. The van der Waals surface area contributed by atoms with Crippen molar-refractivity contribution >= 4 is 33.2 Å². The third-order valence-corrected chi connectivity index (χ3v) is 4.94. The first-order valence-electron chi connectivity index (χ1n) is 6.27. The number of nitrogens with one attached hydrogen (secondary N) is 1. The minimum Gasteiger partial charge on any atom is -0.340 e. The first-order valence-corrected chi connectivity index (χ1v) is 7.95. The summed E-state index contributed by atoms with van der Waals surface area (Å²) >= 11 is 5.10. The van der Waals surface area contributed by atoms with Crippen LogP contribution in [0, 0.1) is 5.92 Å². The predicted octanol–water partition coefficient (Wildman–Crippen LogP) is 2.86. The van der Waals surface area contributed by atoms with Gasteiger partial charge in [-0.2, -0.15) is 0 Å². The van der Waals surface area contributed by atoms with Crippen LogP contribution in [0.2, 0.25) is 0 Å². The van der Waals surface area contributed by atoms with Gasteiger partial charge in [-0.1, -0.05) is 6.92 Å². The van der Waals surface area contributed by atoms with E-state index in [-0.39, 0.29) is 11.9 Å². The van der Waals surface area contributed by atoms with Gasteiger partial charge >= 0.3 is 0 Å². The van der Waals surface area contributed by atoms with Crippen molar-refractivity contribution in [2.45, 2.75) is 32.4 Å². The molecule has 100 valence electrons. The smallest absolute Gasteiger partial charge is 0.239 e. The van der Waals surface area contributed by atoms with E-state index in [1.807, 2.05) is 11.9 Å². The molecule has 1 N–H and O–H groups in total. The van der Waals surface area contributed by atoms with E-state index in [2.05, 4.69) is 39.6 Å². The topological polar surface area (TPSA) is 32.3 Å². The molecule has 1 aromatic heterocycles. The zero-order chi connectivity index (χ0) is 13.1. The lowest BCUT2D eigenvalue weighted by Crippen LogP contribution is -2.48. The molecule has 0 radical (unpaired) electrons. The Kier molecular flexibility index (Phi) is 4.81. The van der Waals surface area contributed by atoms with Crippen LogP contribution in [-0.4, -0.2) is 30.4 Å². The summed E-state index contributed by atoms with van der Waals surface area (Å²) in [5.41, 5.74) is 1.19. The highest BCUT2D eigenvalue weighted by molar-refractivity contribution is 9.11. The highest BCUT2D eigenvalue weighted by atomic mass is 79.9. The molecule has 18 heavy (non-hydrogen) atoms. The molecule has 0 saturated carbocycles. The average molecular weight is 331 g/mol. The fraction of sp³-hybridized carbons (Fsp3) is 0.615. The van der Waals surface area contributed by atoms with Gasteiger partial charge in [0.1, 0.15) is 0 Å². The Morgan fingerprint density at radius 3 is 3.06 bits per heavy atom. The van der Waals surface area contributed by atoms with E-state index in [9.17, 15) is 4.79 Å². The van der Waals surface area contributed by atoms with Gasteiger partial charge < -0.3 is 10.2 Å². The lowest BCUT2D eigenvalue weighted by Gasteiger charge is -2.30. The van der Waals surface area contributed by atoms with Crippen LogP contribution in [0.3, 0.4) is 0 Å². The highest BCUT2D eigenvalue weighted by Gasteiger charge is 2.26. The SMILES string of the molecule is CC1CCNC(C(=O)N(C)Cc2csc(Br)c2)C1. The first kappa shape index (κ1) is 14.0. The number of thiophene rings is 1. The van der Waals surface area contributed by atoms with Gasteiger partial charge in [0.05, 0.1) is 9.83 Å². The van der Waals surface area contributed by atoms with Gasteiger partial charge in [0.2, 0.25) is 5.91 Å². The fourth-order valence-electron chi connectivity index (χ4n) is 2.34. The standard InChI is InChI=1S/C13H19BrN2OS/c1-9-3-4-15-11(5-9)13(17)16(2)7-10-6-12(14)18-8-10/h6,8-9,11,15H,3-5,7H2,1-2H3. The number of hydrogen-bond acceptors (Lipinski definition) is 3. The zero-order valence-corrected chi connectivity index (χ0v) is 13.2. The molecule has 1 aromatic rings. The van der Waals surface area contributed by atoms with Gasteiger partial charge in [-0.25, -0.2) is 0 Å². The van der Waals surface area contributed by atoms with Crippen molar-refractivity contribution in [2.75, 3.05) is 13.6 Å². The quantitative estimate of drug-likeness (QED) is 0.924. The third-order valence-electron chi connectivity index (χ3n) is 3.38. The Hall–Kier alpha value is -0.390. The van der Waals surface area contributed by atoms with Crippen molar-refractivity contribution in [3.63, 3.8) is 0 Å². The van der Waals surface area contributed by atoms with Crippen molar-refractivity contribution in [1.82, 2.24) is 10.2 Å². The van der Waals surface area contributed by atoms with E-state index in [1.54, 1.807) is 11.3 Å². The number of carbonyl (C=O) groups is 1. The normalized spacial score (nSPS) is 23.9. The van der Waals surface area contributed by atoms with Crippen molar-refractivity contribution in [3.05, 3.63) is 20.8 Å². The minimum absolute atomic E-state index is 0.000765. The molecule has 2 heterocycles. The molecular formula is C13H19BrN2OS. The molecule has 0 aliphatic carbocycles. The van der Waals surface area contributed by atoms with Crippen LogP contribution in [0.25, 0.3) is 0 Å². The number of likely N-dealkylation sites (N-methyl/N-ethyl adjacent to an activating group) is 1. The lowest BCUT2D eigenvalue weighted by molar-refractivity contribution is -0.133. The van der Waals surface area contributed by atoms with Crippen LogP contribution in [0.5, 0.6) is 0 Å². The summed E-state index contributed by atoms with van der Waals surface area (Å²) < 4.78 is 1.11. The predicted molar refractivity (Wildman–Crippen MR) is 78.7 cm³/mol. The van der Waals surface area contributed by atoms with Crippen LogP contribution >= 0.6 is 27.3 Å². The Bertz CT molecular complexity index is 421. The summed E-state index contributed by atoms with van der Waals surface area (Å²) in [5.74, 6) is 0.854. The zero-order valence-electron chi connectivity index (χ0n) is 10.8. The van der Waals surface area contributed by atoms with E-state index in [0.717, 1.165) is 16.8 Å². The van der Waals surface area contributed by atoms with Crippen LogP contribution in [0.15, 0.2) is 15.2 Å². The highest BCUT2D eigenvalue weighted by Crippen LogP contribution is 2.22. The Labute approximate surface area is 121 Å². The molecule has 5 heteroatoms. The summed E-state index contributed by atoms with van der Waals surface area (Å²) in [6, 6.07) is 2.08. The summed E-state index contributed by atoms with van der Waals surface area (Å²) in [7, 11) is 1.88. The number of carbonyl (C=O) groups excluding carboxylic acids is 1. The Balaban J connectivity index is 1.91. The van der Waals surface area contributed by atoms with E-state index in [4.69, 9.17) is 0 Å². The molecule has 0 spiro atoms. The van der Waals surface area contributed by atoms with Crippen LogP contribution in [-0.2, 0) is 11.3 Å². The number of piperidine rings is 1. The van der Waals surface area contributed by atoms with E-state index < -0.39 is 0 Å². The molecular weight excluding hydrogens is 312 g/mol. The largest absolute Gasteiger partial charge is 0.340 e. The van der Waals surface area contributed by atoms with Gasteiger partial charge in [0.25, 0.3) is 0 Å². The average Bonchev–Trinajstić information content (AvgIpc) is 2.73. The molecule has 3 nitrogen and oxygen atoms in total. The van der Waals surface area contributed by atoms with E-state index >= 15 is 0 Å². The molecule has 2 atom stereocenters. The second-order valence-electron chi connectivity index (χ2n) is 5.09. The molecule has 1 aliphatic rings. The molecule has 1 saturated heterocycles. The molecule has 1 aliphatic heterocycles. The maximum absolute atomic E-state index is 12.3. The maximum atomic E-state index is 12.3. The summed E-state index contributed by atoms with van der Waals surface area (Å²) in [5, 5.41) is 5.41. The molecule has 0 bridgehead atoms. The number of nitrogens with zero attached hydrogens (tertiary/aromatic N) is 1. The minimum atomic E-state index is 0.000765. The fourth-order valence-corrected chi connectivity index (χ4v) is 3.54. The van der Waals surface area contributed by atoms with Gasteiger partial charge in [0, 0.05) is 13.6 Å². The Morgan fingerprint density at radius 1 is 1.67 bits per heavy atom. The summed E-state index contributed by atoms with van der Waals surface area (Å²) in [6.45, 7) is 3.86. The van der Waals surface area contributed by atoms with E-state index in [1.165, 1.54) is 12.0 Å². The van der Waals surface area contributed by atoms with Crippen molar-refractivity contribution in [2.24, 2.45) is 5.92 Å². The van der Waals surface area contributed by atoms with Gasteiger partial charge in [-0.05, 0) is 58.2 Å². The van der Waals surface area contributed by atoms with Crippen LogP contribution in [0.4, 0.5) is 0 Å². The first-order chi connectivity index (χ1) is 8.56. The second-order valence-corrected chi connectivity index (χ2v) is 7.38. The van der Waals surface area contributed by atoms with Crippen molar-refractivity contribution < 1.29 is 4.79 Å². The lowest BCUT2D eigenvalue weighted by atomic mass is 9.93. The second kappa shape index (κ2) is 6.17. The maximum Gasteiger partial charge on any atom is 0.239 e. The van der Waals surface area contributed by atoms with Gasteiger partial charge in [0.15, 0.2) is 0 Å². The summed E-state index contributed by atoms with van der Waals surface area (Å²) in [6.07, 6.45) is 2.13. The molecule has 2 rings (SSSR count). The number of amides is 1. The Morgan fingerprint density at radius 2 is 2.44 bits per heavy atom. The molecule has 1 amide bonds. The monoisotopic (exact) mass is 330 g/mol. The molecule has 2 unspecified atom stereocenters. The van der Waals surface area contributed by atoms with E-state index in [0.29, 0.717) is 12.5 Å². The van der Waals surface area contributed by atoms with Gasteiger partial charge in [-0.15, -0.1) is 11.3 Å². The number of rotatable bonds is 3. The van der Waals surface area contributed by atoms with Crippen molar-refractivity contribution in [3.8, 4) is 0 Å². The molecule has 1 fully saturated rings. The van der Waals surface area contributed by atoms with Gasteiger partial charge in [-0.3, -0.25) is 4.79 Å².